The van der Waals surface area contributed by atoms with Crippen LogP contribution >= 0.6 is 0 Å². The molecule has 1 aliphatic carbocycles. The van der Waals surface area contributed by atoms with Gasteiger partial charge in [-0.2, -0.15) is 0 Å². The van der Waals surface area contributed by atoms with Crippen molar-refractivity contribution < 1.29 is 9.53 Å². The molecule has 4 N–H and O–H groups in total. The van der Waals surface area contributed by atoms with E-state index in [1.807, 2.05) is 4.90 Å². The Morgan fingerprint density at radius 1 is 1.42 bits per heavy atom. The number of hydrogen-bond donors (Lipinski definition) is 2. The van der Waals surface area contributed by atoms with Crippen LogP contribution in [-0.4, -0.2) is 41.7 Å². The maximum absolute atomic E-state index is 11.5. The molecule has 2 fully saturated rings. The second-order valence-electron chi connectivity index (χ2n) is 4.97. The van der Waals surface area contributed by atoms with Gasteiger partial charge in [-0.1, -0.05) is 0 Å². The lowest BCUT2D eigenvalue weighted by Crippen LogP contribution is -2.53. The van der Waals surface area contributed by atoms with Gasteiger partial charge in [-0.15, -0.1) is 0 Å². The van der Waals surface area contributed by atoms with Crippen molar-refractivity contribution >= 4 is 17.5 Å². The number of aromatic nitrogens is 2. The molecule has 2 aliphatic rings. The number of primary amides is 1. The van der Waals surface area contributed by atoms with Gasteiger partial charge >= 0.3 is 0 Å². The van der Waals surface area contributed by atoms with E-state index in [9.17, 15) is 4.79 Å². The second kappa shape index (κ2) is 4.65. The van der Waals surface area contributed by atoms with Gasteiger partial charge in [-0.3, -0.25) is 4.79 Å². The fourth-order valence-corrected chi connectivity index (χ4v) is 2.26. The summed E-state index contributed by atoms with van der Waals surface area (Å²) in [6.07, 6.45) is 2.20. The number of rotatable bonds is 3. The Bertz CT molecular complexity index is 503. The summed E-state index contributed by atoms with van der Waals surface area (Å²) < 4.78 is 5.30. The maximum atomic E-state index is 11.5. The van der Waals surface area contributed by atoms with E-state index in [4.69, 9.17) is 16.2 Å². The van der Waals surface area contributed by atoms with Gasteiger partial charge in [0.05, 0.1) is 13.2 Å². The summed E-state index contributed by atoms with van der Waals surface area (Å²) in [4.78, 5) is 22.1. The van der Waals surface area contributed by atoms with Gasteiger partial charge in [0.2, 0.25) is 5.91 Å². The van der Waals surface area contributed by atoms with Crippen LogP contribution in [0.25, 0.3) is 0 Å². The molecule has 1 atom stereocenters. The van der Waals surface area contributed by atoms with E-state index in [0.717, 1.165) is 18.7 Å². The minimum Gasteiger partial charge on any atom is -0.384 e. The lowest BCUT2D eigenvalue weighted by molar-refractivity contribution is -0.121. The largest absolute Gasteiger partial charge is 0.384 e. The minimum atomic E-state index is -0.491. The van der Waals surface area contributed by atoms with Crippen molar-refractivity contribution in [2.24, 2.45) is 5.73 Å². The molecule has 1 amide bonds. The molecule has 1 aromatic rings. The van der Waals surface area contributed by atoms with Crippen LogP contribution in [0.15, 0.2) is 6.07 Å². The lowest BCUT2D eigenvalue weighted by atomic mass is 10.2. The summed E-state index contributed by atoms with van der Waals surface area (Å²) >= 11 is 0. The number of morpholine rings is 1. The first-order valence-corrected chi connectivity index (χ1v) is 6.43. The Morgan fingerprint density at radius 3 is 2.89 bits per heavy atom. The van der Waals surface area contributed by atoms with Crippen LogP contribution in [0, 0.1) is 0 Å². The van der Waals surface area contributed by atoms with Gasteiger partial charge in [0.25, 0.3) is 0 Å². The molecule has 0 spiro atoms. The first-order valence-electron chi connectivity index (χ1n) is 6.43. The highest BCUT2D eigenvalue weighted by atomic mass is 16.5. The van der Waals surface area contributed by atoms with Crippen molar-refractivity contribution in [2.45, 2.75) is 24.8 Å². The molecule has 0 bridgehead atoms. The zero-order valence-electron chi connectivity index (χ0n) is 10.6. The fourth-order valence-electron chi connectivity index (χ4n) is 2.26. The third-order valence-corrected chi connectivity index (χ3v) is 3.44. The summed E-state index contributed by atoms with van der Waals surface area (Å²) in [5.74, 6) is 1.87. The molecule has 7 nitrogen and oxygen atoms in total. The van der Waals surface area contributed by atoms with Crippen LogP contribution in [0.4, 0.5) is 11.6 Å². The van der Waals surface area contributed by atoms with Crippen LogP contribution in [0.3, 0.4) is 0 Å². The normalized spacial score (nSPS) is 23.4. The van der Waals surface area contributed by atoms with Crippen LogP contribution < -0.4 is 16.4 Å². The van der Waals surface area contributed by atoms with Gasteiger partial charge in [-0.25, -0.2) is 9.97 Å². The number of anilines is 2. The SMILES string of the molecule is NC(=O)C1COCCN1c1cc(N)nc(C2CC2)n1. The first-order chi connectivity index (χ1) is 9.15. The number of amides is 1. The third kappa shape index (κ3) is 2.46. The average molecular weight is 263 g/mol. The minimum absolute atomic E-state index is 0.290. The van der Waals surface area contributed by atoms with Crippen LogP contribution in [0.5, 0.6) is 0 Å². The summed E-state index contributed by atoms with van der Waals surface area (Å²) in [5.41, 5.74) is 11.2. The van der Waals surface area contributed by atoms with Gasteiger partial charge in [0.15, 0.2) is 0 Å². The van der Waals surface area contributed by atoms with Crippen LogP contribution in [0.2, 0.25) is 0 Å². The van der Waals surface area contributed by atoms with E-state index in [1.165, 1.54) is 0 Å². The van der Waals surface area contributed by atoms with Crippen LogP contribution in [-0.2, 0) is 9.53 Å². The highest BCUT2D eigenvalue weighted by Crippen LogP contribution is 2.39. The lowest BCUT2D eigenvalue weighted by Gasteiger charge is -2.34. The number of nitrogens with two attached hydrogens (primary N) is 2. The van der Waals surface area contributed by atoms with E-state index in [2.05, 4.69) is 9.97 Å². The van der Waals surface area contributed by atoms with E-state index < -0.39 is 11.9 Å². The van der Waals surface area contributed by atoms with Crippen molar-refractivity contribution in [3.8, 4) is 0 Å². The molecule has 1 aromatic heterocycles. The van der Waals surface area contributed by atoms with E-state index in [1.54, 1.807) is 6.07 Å². The smallest absolute Gasteiger partial charge is 0.242 e. The number of ether oxygens (including phenoxy) is 1. The van der Waals surface area contributed by atoms with Crippen LogP contribution in [0.1, 0.15) is 24.6 Å². The number of carbonyl (C=O) groups is 1. The van der Waals surface area contributed by atoms with E-state index in [-0.39, 0.29) is 6.61 Å². The maximum Gasteiger partial charge on any atom is 0.242 e. The highest BCUT2D eigenvalue weighted by Gasteiger charge is 2.31. The molecular weight excluding hydrogens is 246 g/mol. The monoisotopic (exact) mass is 263 g/mol. The molecule has 1 saturated heterocycles. The molecule has 3 rings (SSSR count). The summed E-state index contributed by atoms with van der Waals surface area (Å²) in [6, 6.07) is 1.20. The molecule has 1 aliphatic heterocycles. The zero-order chi connectivity index (χ0) is 13.4. The number of hydrogen-bond acceptors (Lipinski definition) is 6. The Morgan fingerprint density at radius 2 is 2.21 bits per heavy atom. The molecule has 0 radical (unpaired) electrons. The summed E-state index contributed by atoms with van der Waals surface area (Å²) in [6.45, 7) is 1.42. The van der Waals surface area contributed by atoms with Gasteiger partial charge < -0.3 is 21.1 Å². The van der Waals surface area contributed by atoms with Gasteiger partial charge in [-0.05, 0) is 12.8 Å². The average Bonchev–Trinajstić information content (AvgIpc) is 3.22. The predicted molar refractivity (Wildman–Crippen MR) is 69.6 cm³/mol. The molecule has 1 saturated carbocycles. The Kier molecular flexibility index (Phi) is 2.98. The van der Waals surface area contributed by atoms with Crippen molar-refractivity contribution in [1.29, 1.82) is 0 Å². The summed E-state index contributed by atoms with van der Waals surface area (Å²) in [7, 11) is 0. The molecular formula is C12H17N5O2. The number of nitrogen functional groups attached to an aromatic ring is 1. The Labute approximate surface area is 110 Å². The number of carbonyl (C=O) groups excluding carboxylic acids is 1. The predicted octanol–water partition coefficient (Wildman–Crippen LogP) is -0.373. The third-order valence-electron chi connectivity index (χ3n) is 3.44. The van der Waals surface area contributed by atoms with Crippen molar-refractivity contribution in [3.05, 3.63) is 11.9 Å². The molecule has 2 heterocycles. The van der Waals surface area contributed by atoms with Gasteiger partial charge in [0, 0.05) is 18.5 Å². The number of nitrogens with zero attached hydrogens (tertiary/aromatic N) is 3. The molecule has 0 aromatic carbocycles. The molecule has 7 heteroatoms. The molecule has 102 valence electrons. The quantitative estimate of drug-likeness (QED) is 0.770. The Balaban J connectivity index is 1.92. The topological polar surface area (TPSA) is 107 Å². The fraction of sp³-hybridized carbons (Fsp3) is 0.583. The van der Waals surface area contributed by atoms with Crippen molar-refractivity contribution in [1.82, 2.24) is 9.97 Å². The molecule has 19 heavy (non-hydrogen) atoms. The van der Waals surface area contributed by atoms with Crippen molar-refractivity contribution in [3.63, 3.8) is 0 Å². The van der Waals surface area contributed by atoms with Gasteiger partial charge in [0.1, 0.15) is 23.5 Å². The standard InChI is InChI=1S/C12H17N5O2/c13-9-5-10(16-12(15-9)7-1-2-7)17-3-4-19-6-8(17)11(14)18/h5,7-8H,1-4,6H2,(H2,14,18)(H2,13,15,16). The van der Waals surface area contributed by atoms with E-state index >= 15 is 0 Å². The second-order valence-corrected chi connectivity index (χ2v) is 4.97. The van der Waals surface area contributed by atoms with Crippen molar-refractivity contribution in [2.75, 3.05) is 30.4 Å². The Hall–Kier alpha value is -1.89. The first kappa shape index (κ1) is 12.2. The molecule has 1 unspecified atom stereocenters. The summed E-state index contributed by atoms with van der Waals surface area (Å²) in [5, 5.41) is 0. The zero-order valence-corrected chi connectivity index (χ0v) is 10.6. The van der Waals surface area contributed by atoms with E-state index in [0.29, 0.717) is 30.7 Å². The highest BCUT2D eigenvalue weighted by molar-refractivity contribution is 5.83.